The van der Waals surface area contributed by atoms with Crippen molar-refractivity contribution in [3.63, 3.8) is 0 Å². The predicted octanol–water partition coefficient (Wildman–Crippen LogP) is 1.98. The number of nitrogens with one attached hydrogen (secondary N) is 2. The van der Waals surface area contributed by atoms with Gasteiger partial charge in [-0.3, -0.25) is 10.00 Å². The highest BCUT2D eigenvalue weighted by Gasteiger charge is 2.22. The van der Waals surface area contributed by atoms with Crippen molar-refractivity contribution in [3.05, 3.63) is 36.2 Å². The Labute approximate surface area is 165 Å². The van der Waals surface area contributed by atoms with Crippen LogP contribution in [0.5, 0.6) is 0 Å². The molecule has 3 rings (SSSR count). The van der Waals surface area contributed by atoms with Crippen molar-refractivity contribution < 1.29 is 0 Å². The molecule has 1 atom stereocenters. The smallest absolute Gasteiger partial charge is 0.188 e. The highest BCUT2D eigenvalue weighted by molar-refractivity contribution is 14.0. The van der Waals surface area contributed by atoms with Gasteiger partial charge in [0.2, 0.25) is 0 Å². The van der Waals surface area contributed by atoms with Crippen LogP contribution in [0.25, 0.3) is 11.4 Å². The summed E-state index contributed by atoms with van der Waals surface area (Å²) in [5, 5.41) is 10.0. The summed E-state index contributed by atoms with van der Waals surface area (Å²) >= 11 is 0. The van der Waals surface area contributed by atoms with Gasteiger partial charge < -0.3 is 11.1 Å². The molecule has 8 heteroatoms. The number of aromatic amines is 1. The molecular weight excluding hydrogens is 429 g/mol. The molecule has 4 N–H and O–H groups in total. The van der Waals surface area contributed by atoms with Crippen LogP contribution in [0.15, 0.2) is 35.6 Å². The number of aromatic nitrogens is 3. The molecule has 0 saturated carbocycles. The molecule has 1 fully saturated rings. The Kier molecular flexibility index (Phi) is 7.63. The van der Waals surface area contributed by atoms with E-state index in [4.69, 9.17) is 5.73 Å². The highest BCUT2D eigenvalue weighted by Crippen LogP contribution is 2.16. The van der Waals surface area contributed by atoms with Crippen molar-refractivity contribution in [2.45, 2.75) is 32.4 Å². The standard InChI is InChI=1S/C17H25N7.HI/c1-2-24-8-4-7-15(24)11-20-17(18)19-10-13-5-3-6-14(9-13)16-21-12-22-23-16;/h3,5-6,9,12,15H,2,4,7-8,10-11H2,1H3,(H3,18,19,20)(H,21,22,23);1H. The number of hydrogen-bond donors (Lipinski definition) is 3. The summed E-state index contributed by atoms with van der Waals surface area (Å²) in [5.41, 5.74) is 8.10. The van der Waals surface area contributed by atoms with Crippen molar-refractivity contribution in [3.8, 4) is 11.4 Å². The van der Waals surface area contributed by atoms with Gasteiger partial charge >= 0.3 is 0 Å². The van der Waals surface area contributed by atoms with Gasteiger partial charge in [-0.25, -0.2) is 9.98 Å². The van der Waals surface area contributed by atoms with Crippen LogP contribution in [-0.4, -0.2) is 51.7 Å². The minimum Gasteiger partial charge on any atom is -0.370 e. The van der Waals surface area contributed by atoms with Crippen LogP contribution < -0.4 is 11.1 Å². The number of hydrogen-bond acceptors (Lipinski definition) is 4. The van der Waals surface area contributed by atoms with Crippen LogP contribution in [0.2, 0.25) is 0 Å². The van der Waals surface area contributed by atoms with Crippen LogP contribution in [0.1, 0.15) is 25.3 Å². The summed E-state index contributed by atoms with van der Waals surface area (Å²) in [6, 6.07) is 8.64. The maximum absolute atomic E-state index is 6.01. The molecule has 1 aromatic carbocycles. The summed E-state index contributed by atoms with van der Waals surface area (Å²) < 4.78 is 0. The Hall–Kier alpha value is -1.68. The van der Waals surface area contributed by atoms with Gasteiger partial charge in [0.15, 0.2) is 11.8 Å². The van der Waals surface area contributed by atoms with Crippen LogP contribution in [0.3, 0.4) is 0 Å². The molecule has 1 aliphatic heterocycles. The Morgan fingerprint density at radius 2 is 2.36 bits per heavy atom. The Balaban J connectivity index is 0.00000225. The first-order valence-electron chi connectivity index (χ1n) is 8.48. The number of aliphatic imine (C=N–C) groups is 1. The van der Waals surface area contributed by atoms with E-state index >= 15 is 0 Å². The summed E-state index contributed by atoms with van der Waals surface area (Å²) in [7, 11) is 0. The Bertz CT molecular complexity index is 671. The summed E-state index contributed by atoms with van der Waals surface area (Å²) in [4.78, 5) is 11.1. The zero-order valence-electron chi connectivity index (χ0n) is 14.5. The molecule has 0 amide bonds. The quantitative estimate of drug-likeness (QED) is 0.352. The number of guanidine groups is 1. The first kappa shape index (κ1) is 19.6. The largest absolute Gasteiger partial charge is 0.370 e. The second kappa shape index (κ2) is 9.71. The number of benzene rings is 1. The molecule has 7 nitrogen and oxygen atoms in total. The molecular formula is C17H26IN7. The van der Waals surface area contributed by atoms with Gasteiger partial charge in [0, 0.05) is 18.2 Å². The average Bonchev–Trinajstić information content (AvgIpc) is 3.29. The number of H-pyrrole nitrogens is 1. The maximum atomic E-state index is 6.01. The lowest BCUT2D eigenvalue weighted by molar-refractivity contribution is 0.267. The van der Waals surface area contributed by atoms with Gasteiger partial charge in [0.05, 0.1) is 6.54 Å². The van der Waals surface area contributed by atoms with Crippen molar-refractivity contribution in [1.29, 1.82) is 0 Å². The topological polar surface area (TPSA) is 95.2 Å². The van der Waals surface area contributed by atoms with Crippen LogP contribution in [-0.2, 0) is 6.54 Å². The van der Waals surface area contributed by atoms with Crippen LogP contribution in [0.4, 0.5) is 0 Å². The van der Waals surface area contributed by atoms with Crippen molar-refractivity contribution in [1.82, 2.24) is 25.4 Å². The van der Waals surface area contributed by atoms with Gasteiger partial charge in [-0.05, 0) is 37.6 Å². The summed E-state index contributed by atoms with van der Waals surface area (Å²) in [6.07, 6.45) is 4.00. The molecule has 2 aromatic rings. The van der Waals surface area contributed by atoms with Gasteiger partial charge in [-0.1, -0.05) is 25.1 Å². The van der Waals surface area contributed by atoms with E-state index in [2.05, 4.69) is 37.3 Å². The lowest BCUT2D eigenvalue weighted by Crippen LogP contribution is -2.42. The lowest BCUT2D eigenvalue weighted by Gasteiger charge is -2.23. The van der Waals surface area contributed by atoms with E-state index in [0.717, 1.165) is 30.0 Å². The number of halogens is 1. The third-order valence-corrected chi connectivity index (χ3v) is 4.47. The fourth-order valence-electron chi connectivity index (χ4n) is 3.16. The molecule has 1 aromatic heterocycles. The highest BCUT2D eigenvalue weighted by atomic mass is 127. The average molecular weight is 455 g/mol. The van der Waals surface area contributed by atoms with Gasteiger partial charge in [-0.2, -0.15) is 5.10 Å². The molecule has 1 unspecified atom stereocenters. The Morgan fingerprint density at radius 3 is 3.12 bits per heavy atom. The first-order valence-corrected chi connectivity index (χ1v) is 8.48. The first-order chi connectivity index (χ1) is 11.8. The number of nitrogens with two attached hydrogens (primary N) is 1. The molecule has 1 saturated heterocycles. The second-order valence-corrected chi connectivity index (χ2v) is 6.04. The molecule has 2 heterocycles. The van der Waals surface area contributed by atoms with Crippen molar-refractivity contribution in [2.24, 2.45) is 10.7 Å². The molecule has 25 heavy (non-hydrogen) atoms. The number of nitrogens with zero attached hydrogens (tertiary/aromatic N) is 4. The van der Waals surface area contributed by atoms with E-state index in [0.29, 0.717) is 18.5 Å². The SMILES string of the molecule is CCN1CCCC1CNC(N)=NCc1cccc(-c2ncn[nH]2)c1.I. The second-order valence-electron chi connectivity index (χ2n) is 6.04. The molecule has 0 radical (unpaired) electrons. The zero-order chi connectivity index (χ0) is 16.8. The third kappa shape index (κ3) is 5.40. The van der Waals surface area contributed by atoms with Crippen LogP contribution >= 0.6 is 24.0 Å². The molecule has 136 valence electrons. The predicted molar refractivity (Wildman–Crippen MR) is 111 cm³/mol. The van der Waals surface area contributed by atoms with E-state index in [-0.39, 0.29) is 24.0 Å². The number of likely N-dealkylation sites (tertiary alicyclic amines) is 1. The van der Waals surface area contributed by atoms with Gasteiger partial charge in [0.25, 0.3) is 0 Å². The molecule has 1 aliphatic rings. The van der Waals surface area contributed by atoms with Gasteiger partial charge in [-0.15, -0.1) is 24.0 Å². The minimum absolute atomic E-state index is 0. The minimum atomic E-state index is 0. The summed E-state index contributed by atoms with van der Waals surface area (Å²) in [5.74, 6) is 1.26. The van der Waals surface area contributed by atoms with E-state index in [9.17, 15) is 0 Å². The fraction of sp³-hybridized carbons (Fsp3) is 0.471. The van der Waals surface area contributed by atoms with E-state index < -0.39 is 0 Å². The fourth-order valence-corrected chi connectivity index (χ4v) is 3.16. The van der Waals surface area contributed by atoms with E-state index in [1.54, 1.807) is 0 Å². The third-order valence-electron chi connectivity index (χ3n) is 4.47. The maximum Gasteiger partial charge on any atom is 0.188 e. The molecule has 0 bridgehead atoms. The number of rotatable bonds is 6. The summed E-state index contributed by atoms with van der Waals surface area (Å²) in [6.45, 7) is 5.90. The van der Waals surface area contributed by atoms with E-state index in [1.807, 2.05) is 24.3 Å². The Morgan fingerprint density at radius 1 is 1.48 bits per heavy atom. The van der Waals surface area contributed by atoms with Gasteiger partial charge in [0.1, 0.15) is 6.33 Å². The monoisotopic (exact) mass is 455 g/mol. The zero-order valence-corrected chi connectivity index (χ0v) is 16.8. The van der Waals surface area contributed by atoms with Crippen LogP contribution in [0, 0.1) is 0 Å². The van der Waals surface area contributed by atoms with E-state index in [1.165, 1.54) is 25.7 Å². The lowest BCUT2D eigenvalue weighted by atomic mass is 10.1. The van der Waals surface area contributed by atoms with Crippen molar-refractivity contribution >= 4 is 29.9 Å². The number of likely N-dealkylation sites (N-methyl/N-ethyl adjacent to an activating group) is 1. The van der Waals surface area contributed by atoms with Crippen molar-refractivity contribution in [2.75, 3.05) is 19.6 Å². The molecule has 0 aliphatic carbocycles. The molecule has 0 spiro atoms. The normalized spacial score (nSPS) is 18.1.